The van der Waals surface area contributed by atoms with Gasteiger partial charge in [0.05, 0.1) is 18.8 Å². The lowest BCUT2D eigenvalue weighted by Crippen LogP contribution is -2.44. The lowest BCUT2D eigenvalue weighted by atomic mass is 9.87. The van der Waals surface area contributed by atoms with Gasteiger partial charge in [0.2, 0.25) is 0 Å². The van der Waals surface area contributed by atoms with Crippen molar-refractivity contribution in [1.82, 2.24) is 0 Å². The fourth-order valence-electron chi connectivity index (χ4n) is 3.37. The SMILES string of the molecule is CC(C)(C)c1ccc(COc2ccc(C3O[C@H](CO)C[C@H](O)[C@@H]3O)cc2)cc1. The molecule has 2 aromatic carbocycles. The third kappa shape index (κ3) is 4.92. The van der Waals surface area contributed by atoms with Crippen molar-refractivity contribution in [2.24, 2.45) is 0 Å². The van der Waals surface area contributed by atoms with Crippen molar-refractivity contribution in [2.75, 3.05) is 6.61 Å². The summed E-state index contributed by atoms with van der Waals surface area (Å²) in [5.74, 6) is 0.716. The van der Waals surface area contributed by atoms with Crippen LogP contribution in [0.1, 0.15) is 50.0 Å². The van der Waals surface area contributed by atoms with Crippen LogP contribution in [0, 0.1) is 0 Å². The molecule has 28 heavy (non-hydrogen) atoms. The van der Waals surface area contributed by atoms with Gasteiger partial charge in [-0.05, 0) is 34.2 Å². The highest BCUT2D eigenvalue weighted by Gasteiger charge is 2.37. The Morgan fingerprint density at radius 3 is 2.21 bits per heavy atom. The van der Waals surface area contributed by atoms with Gasteiger partial charge in [0.15, 0.2) is 0 Å². The molecule has 2 aromatic rings. The Hall–Kier alpha value is -1.92. The second kappa shape index (κ2) is 8.62. The van der Waals surface area contributed by atoms with Gasteiger partial charge in [0, 0.05) is 6.42 Å². The highest BCUT2D eigenvalue weighted by atomic mass is 16.5. The minimum absolute atomic E-state index is 0.129. The topological polar surface area (TPSA) is 79.2 Å². The number of aliphatic hydroxyl groups is 3. The average Bonchev–Trinajstić information content (AvgIpc) is 2.68. The molecule has 1 saturated heterocycles. The summed E-state index contributed by atoms with van der Waals surface area (Å²) in [5.41, 5.74) is 3.25. The third-order valence-corrected chi connectivity index (χ3v) is 5.19. The fraction of sp³-hybridized carbons (Fsp3) is 0.478. The average molecular weight is 386 g/mol. The summed E-state index contributed by atoms with van der Waals surface area (Å²) >= 11 is 0. The van der Waals surface area contributed by atoms with E-state index in [4.69, 9.17) is 9.47 Å². The zero-order valence-corrected chi connectivity index (χ0v) is 16.7. The summed E-state index contributed by atoms with van der Waals surface area (Å²) in [6, 6.07) is 15.7. The van der Waals surface area contributed by atoms with Gasteiger partial charge in [-0.25, -0.2) is 0 Å². The molecule has 3 rings (SSSR count). The van der Waals surface area contributed by atoms with Crippen LogP contribution in [0.5, 0.6) is 5.75 Å². The first-order chi connectivity index (χ1) is 13.3. The number of ether oxygens (including phenoxy) is 2. The Kier molecular flexibility index (Phi) is 6.40. The molecule has 1 heterocycles. The van der Waals surface area contributed by atoms with Crippen molar-refractivity contribution in [3.8, 4) is 5.75 Å². The summed E-state index contributed by atoms with van der Waals surface area (Å²) in [4.78, 5) is 0. The predicted molar refractivity (Wildman–Crippen MR) is 107 cm³/mol. The number of hydrogen-bond donors (Lipinski definition) is 3. The maximum atomic E-state index is 10.2. The van der Waals surface area contributed by atoms with E-state index in [-0.39, 0.29) is 18.4 Å². The molecular weight excluding hydrogens is 356 g/mol. The minimum atomic E-state index is -1.02. The lowest BCUT2D eigenvalue weighted by Gasteiger charge is -2.36. The number of hydrogen-bond acceptors (Lipinski definition) is 5. The van der Waals surface area contributed by atoms with Gasteiger partial charge in [-0.1, -0.05) is 57.2 Å². The first-order valence-corrected chi connectivity index (χ1v) is 9.72. The zero-order valence-electron chi connectivity index (χ0n) is 16.7. The second-order valence-electron chi connectivity index (χ2n) is 8.46. The van der Waals surface area contributed by atoms with E-state index >= 15 is 0 Å². The van der Waals surface area contributed by atoms with E-state index in [0.29, 0.717) is 12.4 Å². The van der Waals surface area contributed by atoms with E-state index in [2.05, 4.69) is 45.0 Å². The number of aliphatic hydroxyl groups excluding tert-OH is 3. The van der Waals surface area contributed by atoms with E-state index < -0.39 is 24.4 Å². The van der Waals surface area contributed by atoms with Crippen LogP contribution < -0.4 is 4.74 Å². The molecule has 0 bridgehead atoms. The molecule has 0 aliphatic carbocycles. The molecule has 5 heteroatoms. The first-order valence-electron chi connectivity index (χ1n) is 9.72. The van der Waals surface area contributed by atoms with E-state index in [1.807, 2.05) is 24.3 Å². The number of rotatable bonds is 5. The van der Waals surface area contributed by atoms with E-state index in [1.54, 1.807) is 0 Å². The Balaban J connectivity index is 1.61. The maximum Gasteiger partial charge on any atom is 0.119 e. The highest BCUT2D eigenvalue weighted by molar-refractivity contribution is 5.31. The molecule has 0 spiro atoms. The van der Waals surface area contributed by atoms with Crippen molar-refractivity contribution >= 4 is 0 Å². The van der Waals surface area contributed by atoms with Crippen LogP contribution in [0.4, 0.5) is 0 Å². The molecule has 0 aromatic heterocycles. The van der Waals surface area contributed by atoms with Crippen LogP contribution in [0.15, 0.2) is 48.5 Å². The van der Waals surface area contributed by atoms with Gasteiger partial charge in [0.1, 0.15) is 24.6 Å². The van der Waals surface area contributed by atoms with E-state index in [0.717, 1.165) is 11.1 Å². The summed E-state index contributed by atoms with van der Waals surface area (Å²) in [5, 5.41) is 29.5. The van der Waals surface area contributed by atoms with E-state index in [9.17, 15) is 15.3 Å². The molecular formula is C23H30O5. The first kappa shape index (κ1) is 20.8. The van der Waals surface area contributed by atoms with Crippen molar-refractivity contribution in [3.05, 3.63) is 65.2 Å². The normalized spacial score (nSPS) is 25.5. The van der Waals surface area contributed by atoms with E-state index in [1.165, 1.54) is 5.56 Å². The second-order valence-corrected chi connectivity index (χ2v) is 8.46. The molecule has 5 nitrogen and oxygen atoms in total. The molecule has 4 atom stereocenters. The van der Waals surface area contributed by atoms with Crippen molar-refractivity contribution in [2.45, 2.75) is 63.6 Å². The van der Waals surface area contributed by atoms with Crippen molar-refractivity contribution in [3.63, 3.8) is 0 Å². The molecule has 1 aliphatic rings. The third-order valence-electron chi connectivity index (χ3n) is 5.19. The van der Waals surface area contributed by atoms with Crippen LogP contribution in [0.2, 0.25) is 0 Å². The van der Waals surface area contributed by atoms with Crippen LogP contribution in [0.3, 0.4) is 0 Å². The van der Waals surface area contributed by atoms with Gasteiger partial charge in [-0.2, -0.15) is 0 Å². The summed E-state index contributed by atoms with van der Waals surface area (Å²) in [7, 11) is 0. The molecule has 0 amide bonds. The van der Waals surface area contributed by atoms with Crippen LogP contribution in [0.25, 0.3) is 0 Å². The smallest absolute Gasteiger partial charge is 0.119 e. The lowest BCUT2D eigenvalue weighted by molar-refractivity contribution is -0.179. The van der Waals surface area contributed by atoms with Gasteiger partial charge >= 0.3 is 0 Å². The van der Waals surface area contributed by atoms with Gasteiger partial charge in [-0.3, -0.25) is 0 Å². The summed E-state index contributed by atoms with van der Waals surface area (Å²) < 4.78 is 11.6. The Morgan fingerprint density at radius 2 is 1.64 bits per heavy atom. The molecule has 1 aliphatic heterocycles. The number of benzene rings is 2. The molecule has 0 radical (unpaired) electrons. The van der Waals surface area contributed by atoms with Crippen molar-refractivity contribution in [1.29, 1.82) is 0 Å². The van der Waals surface area contributed by atoms with Crippen LogP contribution >= 0.6 is 0 Å². The zero-order chi connectivity index (χ0) is 20.3. The quantitative estimate of drug-likeness (QED) is 0.736. The minimum Gasteiger partial charge on any atom is -0.489 e. The Labute approximate surface area is 166 Å². The van der Waals surface area contributed by atoms with Crippen LogP contribution in [-0.2, 0) is 16.8 Å². The Morgan fingerprint density at radius 1 is 1.00 bits per heavy atom. The standard InChI is InChI=1S/C23H30O5/c1-23(2,3)17-8-4-15(5-9-17)14-27-18-10-6-16(7-11-18)22-21(26)20(25)12-19(13-24)28-22/h4-11,19-22,24-26H,12-14H2,1-3H3/t19-,20-,21-,22?/m0/s1. The van der Waals surface area contributed by atoms with Crippen LogP contribution in [-0.4, -0.2) is 40.2 Å². The Bertz CT molecular complexity index is 748. The highest BCUT2D eigenvalue weighted by Crippen LogP contribution is 2.32. The molecule has 1 fully saturated rings. The molecule has 3 N–H and O–H groups in total. The predicted octanol–water partition coefficient (Wildman–Crippen LogP) is 3.11. The summed E-state index contributed by atoms with van der Waals surface area (Å²) in [6.07, 6.45) is -2.85. The molecule has 1 unspecified atom stereocenters. The van der Waals surface area contributed by atoms with Gasteiger partial charge in [-0.15, -0.1) is 0 Å². The largest absolute Gasteiger partial charge is 0.489 e. The maximum absolute atomic E-state index is 10.2. The fourth-order valence-corrected chi connectivity index (χ4v) is 3.37. The van der Waals surface area contributed by atoms with Crippen molar-refractivity contribution < 1.29 is 24.8 Å². The van der Waals surface area contributed by atoms with Gasteiger partial charge in [0.25, 0.3) is 0 Å². The molecule has 152 valence electrons. The van der Waals surface area contributed by atoms with Gasteiger partial charge < -0.3 is 24.8 Å². The monoisotopic (exact) mass is 386 g/mol. The summed E-state index contributed by atoms with van der Waals surface area (Å²) in [6.45, 7) is 6.85. The molecule has 0 saturated carbocycles.